The van der Waals surface area contributed by atoms with Gasteiger partial charge in [0.1, 0.15) is 5.69 Å². The lowest BCUT2D eigenvalue weighted by Crippen LogP contribution is -2.34. The average molecular weight is 469 g/mol. The summed E-state index contributed by atoms with van der Waals surface area (Å²) in [5, 5.41) is 12.6. The third kappa shape index (κ3) is 4.98. The maximum Gasteiger partial charge on any atom is 0.416 e. The number of likely N-dealkylation sites (N-methyl/N-ethyl adjacent to an activating group) is 1. The van der Waals surface area contributed by atoms with Crippen LogP contribution >= 0.6 is 0 Å². The molecule has 0 saturated heterocycles. The van der Waals surface area contributed by atoms with E-state index in [1.807, 2.05) is 19.9 Å². The molecule has 4 aromatic rings. The van der Waals surface area contributed by atoms with Gasteiger partial charge in [-0.15, -0.1) is 0 Å². The summed E-state index contributed by atoms with van der Waals surface area (Å²) < 4.78 is 40.6. The van der Waals surface area contributed by atoms with Crippen LogP contribution in [0, 0.1) is 6.92 Å². The first-order valence-corrected chi connectivity index (χ1v) is 10.6. The molecular formula is C23H22F3N7O. The van der Waals surface area contributed by atoms with Crippen molar-refractivity contribution in [1.29, 1.82) is 0 Å². The fourth-order valence-corrected chi connectivity index (χ4v) is 3.50. The van der Waals surface area contributed by atoms with Gasteiger partial charge in [0, 0.05) is 25.5 Å². The number of alkyl halides is 3. The van der Waals surface area contributed by atoms with Gasteiger partial charge in [0.15, 0.2) is 0 Å². The summed E-state index contributed by atoms with van der Waals surface area (Å²) in [5.41, 5.74) is 1.67. The minimum Gasteiger partial charge on any atom is -0.337 e. The van der Waals surface area contributed by atoms with Crippen molar-refractivity contribution in [2.45, 2.75) is 26.6 Å². The Kier molecular flexibility index (Phi) is 6.44. The predicted octanol–water partition coefficient (Wildman–Crippen LogP) is 4.02. The number of benzene rings is 1. The van der Waals surface area contributed by atoms with Gasteiger partial charge in [0.2, 0.25) is 0 Å². The molecule has 11 heteroatoms. The standard InChI is InChI=1S/C23H22F3N7O/c1-3-31(22(34)18-14-16(2)4-5-21(18)33-28-9-10-29-33)12-13-32-11-7-19(30-32)20-15-17(6-8-27-20)23(24,25)26/h4-11,14-15H,3,12-13H2,1-2H3. The first-order valence-electron chi connectivity index (χ1n) is 10.6. The molecule has 0 radical (unpaired) electrons. The predicted molar refractivity (Wildman–Crippen MR) is 118 cm³/mol. The van der Waals surface area contributed by atoms with Crippen LogP contribution in [-0.2, 0) is 12.7 Å². The Morgan fingerprint density at radius 3 is 2.50 bits per heavy atom. The number of aromatic nitrogens is 6. The summed E-state index contributed by atoms with van der Waals surface area (Å²) in [7, 11) is 0. The van der Waals surface area contributed by atoms with Gasteiger partial charge >= 0.3 is 6.18 Å². The quantitative estimate of drug-likeness (QED) is 0.409. The fourth-order valence-electron chi connectivity index (χ4n) is 3.50. The first-order chi connectivity index (χ1) is 16.3. The topological polar surface area (TPSA) is 81.7 Å². The van der Waals surface area contributed by atoms with Gasteiger partial charge in [-0.05, 0) is 44.2 Å². The summed E-state index contributed by atoms with van der Waals surface area (Å²) in [6.07, 6.45) is 1.40. The monoisotopic (exact) mass is 469 g/mol. The van der Waals surface area contributed by atoms with Gasteiger partial charge in [0.25, 0.3) is 5.91 Å². The van der Waals surface area contributed by atoms with Crippen LogP contribution in [0.2, 0.25) is 0 Å². The molecule has 0 saturated carbocycles. The molecule has 3 heterocycles. The molecule has 4 rings (SSSR count). The smallest absolute Gasteiger partial charge is 0.337 e. The molecule has 0 N–H and O–H groups in total. The number of carbonyl (C=O) groups is 1. The number of rotatable bonds is 7. The minimum atomic E-state index is -4.46. The number of hydrogen-bond acceptors (Lipinski definition) is 5. The number of pyridine rings is 1. The average Bonchev–Trinajstić information content (AvgIpc) is 3.51. The molecule has 0 aliphatic heterocycles. The second kappa shape index (κ2) is 9.46. The van der Waals surface area contributed by atoms with Crippen molar-refractivity contribution in [1.82, 2.24) is 34.7 Å². The Morgan fingerprint density at radius 2 is 1.79 bits per heavy atom. The normalized spacial score (nSPS) is 11.6. The Labute approximate surface area is 193 Å². The lowest BCUT2D eigenvalue weighted by molar-refractivity contribution is -0.137. The zero-order chi connectivity index (χ0) is 24.3. The molecular weight excluding hydrogens is 447 g/mol. The van der Waals surface area contributed by atoms with Crippen LogP contribution in [0.3, 0.4) is 0 Å². The van der Waals surface area contributed by atoms with Crippen molar-refractivity contribution < 1.29 is 18.0 Å². The van der Waals surface area contributed by atoms with Crippen LogP contribution in [0.25, 0.3) is 17.1 Å². The van der Waals surface area contributed by atoms with Crippen LogP contribution < -0.4 is 0 Å². The maximum absolute atomic E-state index is 13.3. The van der Waals surface area contributed by atoms with Gasteiger partial charge in [-0.25, -0.2) is 0 Å². The molecule has 1 amide bonds. The molecule has 3 aromatic heterocycles. The minimum absolute atomic E-state index is 0.133. The molecule has 0 unspecified atom stereocenters. The molecule has 0 aliphatic rings. The van der Waals surface area contributed by atoms with E-state index < -0.39 is 11.7 Å². The van der Waals surface area contributed by atoms with Gasteiger partial charge in [0.05, 0.1) is 41.4 Å². The number of nitrogens with zero attached hydrogens (tertiary/aromatic N) is 7. The van der Waals surface area contributed by atoms with E-state index in [1.165, 1.54) is 4.80 Å². The lowest BCUT2D eigenvalue weighted by Gasteiger charge is -2.22. The number of amides is 1. The number of hydrogen-bond donors (Lipinski definition) is 0. The third-order valence-electron chi connectivity index (χ3n) is 5.27. The number of halogens is 3. The molecule has 8 nitrogen and oxygen atoms in total. The van der Waals surface area contributed by atoms with Crippen molar-refractivity contribution in [3.05, 3.63) is 77.9 Å². The molecule has 0 fully saturated rings. The SMILES string of the molecule is CCN(CCn1ccc(-c2cc(C(F)(F)F)ccn2)n1)C(=O)c1cc(C)ccc1-n1nccn1. The third-order valence-corrected chi connectivity index (χ3v) is 5.27. The summed E-state index contributed by atoms with van der Waals surface area (Å²) in [6.45, 7) is 4.95. The van der Waals surface area contributed by atoms with Crippen molar-refractivity contribution in [2.24, 2.45) is 0 Å². The lowest BCUT2D eigenvalue weighted by atomic mass is 10.1. The molecule has 0 aliphatic carbocycles. The van der Waals surface area contributed by atoms with E-state index in [-0.39, 0.29) is 11.6 Å². The van der Waals surface area contributed by atoms with Crippen LogP contribution in [0.5, 0.6) is 0 Å². The van der Waals surface area contributed by atoms with Crippen molar-refractivity contribution in [2.75, 3.05) is 13.1 Å². The summed E-state index contributed by atoms with van der Waals surface area (Å²) in [5.74, 6) is -0.176. The van der Waals surface area contributed by atoms with Crippen molar-refractivity contribution in [3.8, 4) is 17.1 Å². The highest BCUT2D eigenvalue weighted by Crippen LogP contribution is 2.30. The highest BCUT2D eigenvalue weighted by Gasteiger charge is 2.31. The molecule has 0 spiro atoms. The summed E-state index contributed by atoms with van der Waals surface area (Å²) in [6, 6.07) is 8.98. The van der Waals surface area contributed by atoms with Gasteiger partial charge < -0.3 is 4.90 Å². The van der Waals surface area contributed by atoms with E-state index in [2.05, 4.69) is 20.3 Å². The Morgan fingerprint density at radius 1 is 1.03 bits per heavy atom. The van der Waals surface area contributed by atoms with Gasteiger partial charge in [-0.3, -0.25) is 14.5 Å². The summed E-state index contributed by atoms with van der Waals surface area (Å²) >= 11 is 0. The van der Waals surface area contributed by atoms with Gasteiger partial charge in [-0.2, -0.15) is 33.3 Å². The Bertz CT molecular complexity index is 1280. The molecule has 176 valence electrons. The highest BCUT2D eigenvalue weighted by molar-refractivity contribution is 5.98. The van der Waals surface area contributed by atoms with Crippen molar-refractivity contribution in [3.63, 3.8) is 0 Å². The molecule has 0 atom stereocenters. The van der Waals surface area contributed by atoms with Crippen molar-refractivity contribution >= 4 is 5.91 Å². The van der Waals surface area contributed by atoms with E-state index in [4.69, 9.17) is 0 Å². The largest absolute Gasteiger partial charge is 0.416 e. The molecule has 1 aromatic carbocycles. The summed E-state index contributed by atoms with van der Waals surface area (Å²) in [4.78, 5) is 20.4. The van der Waals surface area contributed by atoms with E-state index in [0.29, 0.717) is 36.6 Å². The van der Waals surface area contributed by atoms with Crippen LogP contribution in [0.4, 0.5) is 13.2 Å². The number of aryl methyl sites for hydroxylation is 1. The second-order valence-corrected chi connectivity index (χ2v) is 7.62. The van der Waals surface area contributed by atoms with E-state index >= 15 is 0 Å². The zero-order valence-electron chi connectivity index (χ0n) is 18.6. The first kappa shape index (κ1) is 23.1. The van der Waals surface area contributed by atoms with E-state index in [1.54, 1.807) is 46.4 Å². The Hall–Kier alpha value is -4.02. The van der Waals surface area contributed by atoms with E-state index in [0.717, 1.165) is 23.9 Å². The second-order valence-electron chi connectivity index (χ2n) is 7.62. The van der Waals surface area contributed by atoms with Gasteiger partial charge in [-0.1, -0.05) is 11.6 Å². The van der Waals surface area contributed by atoms with Crippen LogP contribution in [0.1, 0.15) is 28.4 Å². The van der Waals surface area contributed by atoms with E-state index in [9.17, 15) is 18.0 Å². The molecule has 0 bridgehead atoms. The van der Waals surface area contributed by atoms with Crippen LogP contribution in [0.15, 0.2) is 61.2 Å². The fraction of sp³-hybridized carbons (Fsp3) is 0.261. The Balaban J connectivity index is 1.50. The number of carbonyl (C=O) groups excluding carboxylic acids is 1. The zero-order valence-corrected chi connectivity index (χ0v) is 18.6. The maximum atomic E-state index is 13.3. The van der Waals surface area contributed by atoms with Crippen LogP contribution in [-0.4, -0.2) is 53.7 Å². The highest BCUT2D eigenvalue weighted by atomic mass is 19.4. The molecule has 34 heavy (non-hydrogen) atoms.